The van der Waals surface area contributed by atoms with Crippen LogP contribution < -0.4 is 24.6 Å². The summed E-state index contributed by atoms with van der Waals surface area (Å²) >= 11 is 0. The fourth-order valence-electron chi connectivity index (χ4n) is 3.97. The van der Waals surface area contributed by atoms with E-state index in [1.807, 2.05) is 18.2 Å². The zero-order valence-corrected chi connectivity index (χ0v) is 18.6. The van der Waals surface area contributed by atoms with E-state index >= 15 is 0 Å². The minimum Gasteiger partial charge on any atom is -0.493 e. The molecule has 6 nitrogen and oxygen atoms in total. The minimum absolute atomic E-state index is 0.0886. The minimum atomic E-state index is 0.0886. The molecule has 1 aliphatic heterocycles. The number of methoxy groups -OCH3 is 2. The van der Waals surface area contributed by atoms with Crippen LogP contribution in [0.3, 0.4) is 0 Å². The van der Waals surface area contributed by atoms with Gasteiger partial charge in [-0.05, 0) is 41.8 Å². The average Bonchev–Trinajstić information content (AvgIpc) is 2.75. The molecule has 3 N–H and O–H groups in total. The van der Waals surface area contributed by atoms with Crippen LogP contribution in [-0.2, 0) is 11.3 Å². The number of amides is 1. The van der Waals surface area contributed by atoms with Crippen molar-refractivity contribution in [3.63, 3.8) is 0 Å². The maximum absolute atomic E-state index is 12.4. The van der Waals surface area contributed by atoms with E-state index in [4.69, 9.17) is 9.47 Å². The number of ether oxygens (including phenoxy) is 2. The van der Waals surface area contributed by atoms with E-state index in [9.17, 15) is 4.79 Å². The van der Waals surface area contributed by atoms with Gasteiger partial charge in [0, 0.05) is 11.3 Å². The highest BCUT2D eigenvalue weighted by molar-refractivity contribution is 5.91. The average molecular weight is 414 g/mol. The van der Waals surface area contributed by atoms with Gasteiger partial charge in [0.15, 0.2) is 18.0 Å². The van der Waals surface area contributed by atoms with Crippen LogP contribution in [0.1, 0.15) is 30.9 Å². The lowest BCUT2D eigenvalue weighted by Gasteiger charge is -2.29. The third-order valence-electron chi connectivity index (χ3n) is 5.84. The molecule has 0 unspecified atom stereocenters. The van der Waals surface area contributed by atoms with E-state index in [-0.39, 0.29) is 5.91 Å². The Bertz CT molecular complexity index is 828. The number of benzene rings is 2. The van der Waals surface area contributed by atoms with Crippen molar-refractivity contribution in [1.82, 2.24) is 0 Å². The van der Waals surface area contributed by atoms with Gasteiger partial charge in [-0.1, -0.05) is 26.0 Å². The topological polar surface area (TPSA) is 56.4 Å². The molecule has 30 heavy (non-hydrogen) atoms. The molecule has 3 rings (SSSR count). The van der Waals surface area contributed by atoms with Gasteiger partial charge in [0.05, 0.1) is 14.2 Å². The zero-order chi connectivity index (χ0) is 21.5. The number of nitrogens with one attached hydrogen (secondary N) is 3. The molecule has 0 aliphatic carbocycles. The maximum atomic E-state index is 12.4. The number of hydrogen-bond acceptors (Lipinski definition) is 3. The molecule has 2 aromatic carbocycles. The predicted octanol–water partition coefficient (Wildman–Crippen LogP) is 0.749. The molecular formula is C24H35N3O3+2. The summed E-state index contributed by atoms with van der Waals surface area (Å²) in [6.45, 7) is 9.94. The zero-order valence-electron chi connectivity index (χ0n) is 18.6. The van der Waals surface area contributed by atoms with Gasteiger partial charge in [0.1, 0.15) is 32.7 Å². The highest BCUT2D eigenvalue weighted by atomic mass is 16.5. The van der Waals surface area contributed by atoms with Crippen LogP contribution in [0.4, 0.5) is 5.69 Å². The first-order valence-corrected chi connectivity index (χ1v) is 10.8. The van der Waals surface area contributed by atoms with Crippen molar-refractivity contribution in [1.29, 1.82) is 0 Å². The van der Waals surface area contributed by atoms with Crippen molar-refractivity contribution in [3.05, 3.63) is 53.6 Å². The summed E-state index contributed by atoms with van der Waals surface area (Å²) in [4.78, 5) is 15.3. The number of rotatable bonds is 8. The van der Waals surface area contributed by atoms with E-state index in [0.717, 1.165) is 49.9 Å². The van der Waals surface area contributed by atoms with E-state index in [0.29, 0.717) is 12.5 Å². The second-order valence-corrected chi connectivity index (χ2v) is 8.37. The number of anilines is 1. The number of hydrogen-bond donors (Lipinski definition) is 3. The summed E-state index contributed by atoms with van der Waals surface area (Å²) in [6, 6.07) is 14.3. The standard InChI is InChI=1S/C24H33N3O3/c1-18(2)20-6-8-21(9-7-20)25-24(28)17-27-13-11-26(12-14-27)16-19-5-10-22(29-3)23(15-19)30-4/h5-10,15,18H,11-14,16-17H2,1-4H3,(H,25,28)/p+2. The smallest absolute Gasteiger partial charge is 0.279 e. The van der Waals surface area contributed by atoms with Gasteiger partial charge in [-0.25, -0.2) is 0 Å². The number of quaternary nitrogens is 2. The van der Waals surface area contributed by atoms with Gasteiger partial charge >= 0.3 is 0 Å². The van der Waals surface area contributed by atoms with Gasteiger partial charge in [-0.15, -0.1) is 0 Å². The van der Waals surface area contributed by atoms with E-state index in [1.165, 1.54) is 20.9 Å². The summed E-state index contributed by atoms with van der Waals surface area (Å²) in [6.07, 6.45) is 0. The molecule has 1 fully saturated rings. The molecule has 1 saturated heterocycles. The van der Waals surface area contributed by atoms with E-state index in [2.05, 4.69) is 43.4 Å². The van der Waals surface area contributed by atoms with Crippen LogP contribution in [-0.4, -0.2) is 52.9 Å². The molecule has 0 saturated carbocycles. The molecule has 0 bridgehead atoms. The summed E-state index contributed by atoms with van der Waals surface area (Å²) < 4.78 is 10.7. The maximum Gasteiger partial charge on any atom is 0.279 e. The number of carbonyl (C=O) groups excluding carboxylic acids is 1. The lowest BCUT2D eigenvalue weighted by atomic mass is 10.0. The van der Waals surface area contributed by atoms with Gasteiger partial charge in [-0.2, -0.15) is 0 Å². The molecule has 0 radical (unpaired) electrons. The Hall–Kier alpha value is -2.57. The van der Waals surface area contributed by atoms with Crippen LogP contribution in [0.25, 0.3) is 0 Å². The Kier molecular flexibility index (Phi) is 7.71. The van der Waals surface area contributed by atoms with Crippen LogP contribution >= 0.6 is 0 Å². The fourth-order valence-corrected chi connectivity index (χ4v) is 3.97. The molecule has 1 heterocycles. The third-order valence-corrected chi connectivity index (χ3v) is 5.84. The summed E-state index contributed by atoms with van der Waals surface area (Å²) in [7, 11) is 3.32. The van der Waals surface area contributed by atoms with Crippen LogP contribution in [0.2, 0.25) is 0 Å². The molecule has 162 valence electrons. The molecule has 2 aromatic rings. The van der Waals surface area contributed by atoms with Gasteiger partial charge in [-0.3, -0.25) is 4.79 Å². The van der Waals surface area contributed by atoms with Crippen LogP contribution in [0, 0.1) is 0 Å². The third kappa shape index (κ3) is 5.97. The predicted molar refractivity (Wildman–Crippen MR) is 119 cm³/mol. The Morgan fingerprint density at radius 2 is 1.57 bits per heavy atom. The van der Waals surface area contributed by atoms with Gasteiger partial charge < -0.3 is 24.6 Å². The quantitative estimate of drug-likeness (QED) is 0.599. The van der Waals surface area contributed by atoms with Crippen molar-refractivity contribution in [2.75, 3.05) is 52.3 Å². The first kappa shape index (κ1) is 22.1. The first-order valence-electron chi connectivity index (χ1n) is 10.8. The van der Waals surface area contributed by atoms with Gasteiger partial charge in [0.2, 0.25) is 0 Å². The number of carbonyl (C=O) groups is 1. The van der Waals surface area contributed by atoms with Crippen LogP contribution in [0.15, 0.2) is 42.5 Å². The van der Waals surface area contributed by atoms with Crippen molar-refractivity contribution >= 4 is 11.6 Å². The van der Waals surface area contributed by atoms with E-state index in [1.54, 1.807) is 14.2 Å². The molecular weight excluding hydrogens is 378 g/mol. The lowest BCUT2D eigenvalue weighted by Crippen LogP contribution is -3.28. The second kappa shape index (κ2) is 10.5. The summed E-state index contributed by atoms with van der Waals surface area (Å²) in [5.41, 5.74) is 3.41. The Morgan fingerprint density at radius 3 is 2.17 bits per heavy atom. The SMILES string of the molecule is COc1ccc(C[NH+]2CC[NH+](CC(=O)Nc3ccc(C(C)C)cc3)CC2)cc1OC. The first-order chi connectivity index (χ1) is 14.5. The molecule has 1 aliphatic rings. The van der Waals surface area contributed by atoms with Gasteiger partial charge in [0.25, 0.3) is 5.91 Å². The largest absolute Gasteiger partial charge is 0.493 e. The monoisotopic (exact) mass is 413 g/mol. The Labute approximate surface area is 179 Å². The highest BCUT2D eigenvalue weighted by Gasteiger charge is 2.25. The van der Waals surface area contributed by atoms with Crippen molar-refractivity contribution in [3.8, 4) is 11.5 Å². The fraction of sp³-hybridized carbons (Fsp3) is 0.458. The Balaban J connectivity index is 1.44. The normalized spacial score (nSPS) is 18.8. The van der Waals surface area contributed by atoms with Crippen molar-refractivity contribution in [2.24, 2.45) is 0 Å². The Morgan fingerprint density at radius 1 is 0.933 bits per heavy atom. The summed E-state index contributed by atoms with van der Waals surface area (Å²) in [5, 5.41) is 3.04. The number of piperazine rings is 1. The highest BCUT2D eigenvalue weighted by Crippen LogP contribution is 2.27. The molecule has 6 heteroatoms. The van der Waals surface area contributed by atoms with Crippen molar-refractivity contribution < 1.29 is 24.1 Å². The molecule has 0 aromatic heterocycles. The second-order valence-electron chi connectivity index (χ2n) is 8.37. The van der Waals surface area contributed by atoms with E-state index < -0.39 is 0 Å². The molecule has 1 amide bonds. The molecule has 0 atom stereocenters. The summed E-state index contributed by atoms with van der Waals surface area (Å²) in [5.74, 6) is 2.12. The lowest BCUT2D eigenvalue weighted by molar-refractivity contribution is -1.02. The molecule has 0 spiro atoms. The van der Waals surface area contributed by atoms with Crippen LogP contribution in [0.5, 0.6) is 11.5 Å². The van der Waals surface area contributed by atoms with Crippen molar-refractivity contribution in [2.45, 2.75) is 26.3 Å².